The third-order valence-corrected chi connectivity index (χ3v) is 2.74. The van der Waals surface area contributed by atoms with Gasteiger partial charge in [0, 0.05) is 24.5 Å². The second-order valence-electron chi connectivity index (χ2n) is 2.98. The van der Waals surface area contributed by atoms with Crippen molar-refractivity contribution in [2.24, 2.45) is 5.73 Å². The maximum absolute atomic E-state index is 11.2. The minimum atomic E-state index is -0.383. The van der Waals surface area contributed by atoms with Crippen LogP contribution in [0.1, 0.15) is 18.4 Å². The zero-order valence-corrected chi connectivity index (χ0v) is 9.01. The van der Waals surface area contributed by atoms with Crippen LogP contribution in [0.2, 0.25) is 0 Å². The van der Waals surface area contributed by atoms with E-state index in [2.05, 4.69) is 10.3 Å². The van der Waals surface area contributed by atoms with E-state index in [1.54, 1.807) is 17.5 Å². The van der Waals surface area contributed by atoms with E-state index in [-0.39, 0.29) is 11.9 Å². The lowest BCUT2D eigenvalue weighted by molar-refractivity contribution is -0.122. The van der Waals surface area contributed by atoms with Gasteiger partial charge in [0.15, 0.2) is 0 Å². The normalized spacial score (nSPS) is 12.4. The van der Waals surface area contributed by atoms with E-state index in [9.17, 15) is 4.79 Å². The lowest BCUT2D eigenvalue weighted by Crippen LogP contribution is -2.40. The molecular weight excluding hydrogens is 198 g/mol. The fourth-order valence-corrected chi connectivity index (χ4v) is 1.61. The molecule has 1 aromatic heterocycles. The van der Waals surface area contributed by atoms with Gasteiger partial charge in [-0.2, -0.15) is 0 Å². The number of nitrogens with two attached hydrogens (primary N) is 1. The number of carbonyl (C=O) groups excluding carboxylic acids is 1. The highest BCUT2D eigenvalue weighted by Crippen LogP contribution is 2.03. The first kappa shape index (κ1) is 11.1. The second kappa shape index (κ2) is 5.72. The minimum absolute atomic E-state index is 0.0796. The molecule has 1 amide bonds. The number of rotatable bonds is 5. The fraction of sp³-hybridized carbons (Fsp3) is 0.556. The Morgan fingerprint density at radius 3 is 3.14 bits per heavy atom. The van der Waals surface area contributed by atoms with Crippen LogP contribution >= 0.6 is 11.3 Å². The quantitative estimate of drug-likeness (QED) is 0.750. The Balaban J connectivity index is 2.18. The minimum Gasteiger partial charge on any atom is -0.354 e. The molecular formula is C9H15N3OS. The number of hydrogen-bond donors (Lipinski definition) is 2. The van der Waals surface area contributed by atoms with Crippen molar-refractivity contribution < 1.29 is 4.79 Å². The predicted octanol–water partition coefficient (Wildman–Crippen LogP) is 0.539. The van der Waals surface area contributed by atoms with Crippen LogP contribution in [0.25, 0.3) is 0 Å². The molecule has 0 fully saturated rings. The predicted molar refractivity (Wildman–Crippen MR) is 57.1 cm³/mol. The molecule has 0 radical (unpaired) electrons. The number of thiazole rings is 1. The molecule has 0 bridgehead atoms. The van der Waals surface area contributed by atoms with E-state index in [0.717, 1.165) is 11.4 Å². The summed E-state index contributed by atoms with van der Waals surface area (Å²) in [6, 6.07) is -0.383. The first-order valence-electron chi connectivity index (χ1n) is 4.65. The van der Waals surface area contributed by atoms with Crippen LogP contribution in [0.4, 0.5) is 0 Å². The summed E-state index contributed by atoms with van der Waals surface area (Å²) in [6.45, 7) is 2.51. The van der Waals surface area contributed by atoms with Crippen molar-refractivity contribution in [1.29, 1.82) is 0 Å². The average Bonchev–Trinajstić information content (AvgIpc) is 2.69. The van der Waals surface area contributed by atoms with Crippen LogP contribution in [0.5, 0.6) is 0 Å². The lowest BCUT2D eigenvalue weighted by Gasteiger charge is -2.08. The first-order chi connectivity index (χ1) is 6.74. The van der Waals surface area contributed by atoms with Crippen LogP contribution in [-0.2, 0) is 11.2 Å². The van der Waals surface area contributed by atoms with Gasteiger partial charge in [-0.15, -0.1) is 11.3 Å². The van der Waals surface area contributed by atoms with Crippen molar-refractivity contribution in [3.63, 3.8) is 0 Å². The van der Waals surface area contributed by atoms with Gasteiger partial charge in [0.1, 0.15) is 0 Å². The van der Waals surface area contributed by atoms with Crippen LogP contribution in [-0.4, -0.2) is 23.5 Å². The van der Waals surface area contributed by atoms with Crippen molar-refractivity contribution in [2.75, 3.05) is 6.54 Å². The van der Waals surface area contributed by atoms with Crippen molar-refractivity contribution >= 4 is 17.2 Å². The molecule has 5 heteroatoms. The summed E-state index contributed by atoms with van der Waals surface area (Å²) in [5.41, 5.74) is 5.55. The molecule has 14 heavy (non-hydrogen) atoms. The lowest BCUT2D eigenvalue weighted by atomic mass is 10.2. The summed E-state index contributed by atoms with van der Waals surface area (Å²) in [6.07, 6.45) is 3.21. The Kier molecular flexibility index (Phi) is 4.55. The maximum Gasteiger partial charge on any atom is 0.236 e. The molecule has 1 unspecified atom stereocenters. The van der Waals surface area contributed by atoms with Crippen LogP contribution in [0, 0.1) is 0 Å². The second-order valence-corrected chi connectivity index (χ2v) is 3.96. The fourth-order valence-electron chi connectivity index (χ4n) is 0.986. The summed E-state index contributed by atoms with van der Waals surface area (Å²) in [5, 5.41) is 5.74. The number of hydrogen-bond acceptors (Lipinski definition) is 4. The zero-order valence-electron chi connectivity index (χ0n) is 8.19. The van der Waals surface area contributed by atoms with E-state index in [1.165, 1.54) is 0 Å². The van der Waals surface area contributed by atoms with E-state index >= 15 is 0 Å². The van der Waals surface area contributed by atoms with Crippen LogP contribution in [0.3, 0.4) is 0 Å². The Morgan fingerprint density at radius 2 is 2.57 bits per heavy atom. The Labute approximate surface area is 87.5 Å². The molecule has 0 aliphatic heterocycles. The number of nitrogens with zero attached hydrogens (tertiary/aromatic N) is 1. The first-order valence-corrected chi connectivity index (χ1v) is 5.53. The van der Waals surface area contributed by atoms with Gasteiger partial charge in [-0.3, -0.25) is 4.79 Å². The SMILES string of the molecule is CCC(N)C(=O)NCCc1nccs1. The Morgan fingerprint density at radius 1 is 1.79 bits per heavy atom. The van der Waals surface area contributed by atoms with Gasteiger partial charge in [-0.25, -0.2) is 4.98 Å². The average molecular weight is 213 g/mol. The maximum atomic E-state index is 11.2. The molecule has 3 N–H and O–H groups in total. The molecule has 1 heterocycles. The van der Waals surface area contributed by atoms with E-state index in [4.69, 9.17) is 5.73 Å². The van der Waals surface area contributed by atoms with Gasteiger partial charge in [-0.05, 0) is 6.42 Å². The number of nitrogens with one attached hydrogen (secondary N) is 1. The van der Waals surface area contributed by atoms with Gasteiger partial charge in [-0.1, -0.05) is 6.92 Å². The highest BCUT2D eigenvalue weighted by atomic mass is 32.1. The van der Waals surface area contributed by atoms with Crippen molar-refractivity contribution in [3.8, 4) is 0 Å². The Bertz CT molecular complexity index is 274. The van der Waals surface area contributed by atoms with Gasteiger partial charge >= 0.3 is 0 Å². The molecule has 0 aromatic carbocycles. The third kappa shape index (κ3) is 3.43. The molecule has 1 atom stereocenters. The van der Waals surface area contributed by atoms with Crippen LogP contribution < -0.4 is 11.1 Å². The smallest absolute Gasteiger partial charge is 0.236 e. The summed E-state index contributed by atoms with van der Waals surface area (Å²) >= 11 is 1.60. The largest absolute Gasteiger partial charge is 0.354 e. The van der Waals surface area contributed by atoms with Gasteiger partial charge in [0.2, 0.25) is 5.91 Å². The molecule has 0 spiro atoms. The standard InChI is InChI=1S/C9H15N3OS/c1-2-7(10)9(13)12-4-3-8-11-5-6-14-8/h5-7H,2-4,10H2,1H3,(H,12,13). The summed E-state index contributed by atoms with van der Waals surface area (Å²) in [7, 11) is 0. The molecule has 1 rings (SSSR count). The molecule has 0 saturated carbocycles. The van der Waals surface area contributed by atoms with E-state index in [1.807, 2.05) is 12.3 Å². The summed E-state index contributed by atoms with van der Waals surface area (Å²) in [5.74, 6) is -0.0796. The zero-order chi connectivity index (χ0) is 10.4. The summed E-state index contributed by atoms with van der Waals surface area (Å²) in [4.78, 5) is 15.4. The third-order valence-electron chi connectivity index (χ3n) is 1.90. The molecule has 1 aromatic rings. The number of carbonyl (C=O) groups is 1. The van der Waals surface area contributed by atoms with Gasteiger partial charge < -0.3 is 11.1 Å². The van der Waals surface area contributed by atoms with Crippen molar-refractivity contribution in [3.05, 3.63) is 16.6 Å². The van der Waals surface area contributed by atoms with Crippen molar-refractivity contribution in [1.82, 2.24) is 10.3 Å². The monoisotopic (exact) mass is 213 g/mol. The molecule has 0 aliphatic carbocycles. The van der Waals surface area contributed by atoms with Gasteiger partial charge in [0.05, 0.1) is 11.0 Å². The molecule has 78 valence electrons. The van der Waals surface area contributed by atoms with Gasteiger partial charge in [0.25, 0.3) is 0 Å². The van der Waals surface area contributed by atoms with Crippen molar-refractivity contribution in [2.45, 2.75) is 25.8 Å². The summed E-state index contributed by atoms with van der Waals surface area (Å²) < 4.78 is 0. The number of aromatic nitrogens is 1. The Hall–Kier alpha value is -0.940. The molecule has 0 saturated heterocycles. The molecule has 4 nitrogen and oxygen atoms in total. The topological polar surface area (TPSA) is 68.0 Å². The van der Waals surface area contributed by atoms with E-state index < -0.39 is 0 Å². The highest BCUT2D eigenvalue weighted by molar-refractivity contribution is 7.09. The van der Waals surface area contributed by atoms with E-state index in [0.29, 0.717) is 13.0 Å². The van der Waals surface area contributed by atoms with Crippen LogP contribution in [0.15, 0.2) is 11.6 Å². The molecule has 0 aliphatic rings. The highest BCUT2D eigenvalue weighted by Gasteiger charge is 2.09. The number of amides is 1.